The van der Waals surface area contributed by atoms with Crippen LogP contribution in [0.3, 0.4) is 0 Å². The second kappa shape index (κ2) is 25.3. The van der Waals surface area contributed by atoms with Crippen molar-refractivity contribution in [2.75, 3.05) is 11.5 Å². The van der Waals surface area contributed by atoms with Gasteiger partial charge in [0.05, 0.1) is 29.4 Å². The molecule has 0 spiro atoms. The maximum atomic E-state index is 6.40. The number of hydrogen-bond donors (Lipinski definition) is 0. The molecular weight excluding hydrogens is 1080 g/mol. The molecule has 1 fully saturated rings. The summed E-state index contributed by atoms with van der Waals surface area (Å²) >= 11 is 0. The standard InChI is InChI=1S/C86H84N2O/c1-6-62-30-34-66(35-31-62)68-40-50-84-80(55-68)81-56-69(41-51-85(81)88(84)71-26-15-10-16-27-71)79-54-60(4)78(53-61(79)5)67-38-44-73(45-39-67)87(72-42-36-65(37-43-72)64-22-11-8-12-23-64)74-46-49-77-76-28-17-18-29-82(76)86(83(77)57-74,70-24-13-9-14-25-70)52-20-19-21-59(3)58-89-75-47-32-63(7-2)33-48-75/h6-13,15-18,22-24,26-32,34-36,38-45,47,50-51,53-57,59,65,74,76-77,82H,1-2,14,19-21,25,33,37,46,48-49,52,58H2,3-5H3. The molecule has 0 radical (unpaired) electrons. The van der Waals surface area contributed by atoms with Crippen molar-refractivity contribution in [1.29, 1.82) is 0 Å². The first-order valence-corrected chi connectivity index (χ1v) is 33.1. The predicted molar refractivity (Wildman–Crippen MR) is 378 cm³/mol. The van der Waals surface area contributed by atoms with Crippen LogP contribution >= 0.6 is 0 Å². The van der Waals surface area contributed by atoms with Crippen LogP contribution in [0, 0.1) is 42.9 Å². The second-order valence-corrected chi connectivity index (χ2v) is 26.2. The van der Waals surface area contributed by atoms with E-state index in [9.17, 15) is 0 Å². The minimum Gasteiger partial charge on any atom is -0.498 e. The molecule has 6 aliphatic carbocycles. The summed E-state index contributed by atoms with van der Waals surface area (Å²) in [6, 6.07) is 59.3. The van der Waals surface area contributed by atoms with Gasteiger partial charge in [0.1, 0.15) is 0 Å². The third-order valence-electron chi connectivity index (χ3n) is 20.9. The van der Waals surface area contributed by atoms with E-state index in [1.807, 2.05) is 12.2 Å². The van der Waals surface area contributed by atoms with Gasteiger partial charge in [0, 0.05) is 45.6 Å². The molecule has 3 heteroatoms. The van der Waals surface area contributed by atoms with Gasteiger partial charge < -0.3 is 14.2 Å². The maximum absolute atomic E-state index is 6.40. The van der Waals surface area contributed by atoms with Crippen LogP contribution in [0.1, 0.15) is 106 Å². The summed E-state index contributed by atoms with van der Waals surface area (Å²) < 4.78 is 8.82. The van der Waals surface area contributed by atoms with Gasteiger partial charge in [-0.1, -0.05) is 232 Å². The minimum atomic E-state index is -0.0106. The number of ether oxygens (including phenoxy) is 1. The first kappa shape index (κ1) is 57.8. The zero-order valence-electron chi connectivity index (χ0n) is 52.3. The highest BCUT2D eigenvalue weighted by Gasteiger charge is 2.57. The lowest BCUT2D eigenvalue weighted by molar-refractivity contribution is 0.157. The Morgan fingerprint density at radius 3 is 2.07 bits per heavy atom. The quantitative estimate of drug-likeness (QED) is 0.0593. The van der Waals surface area contributed by atoms with Gasteiger partial charge in [-0.2, -0.15) is 0 Å². The van der Waals surface area contributed by atoms with Crippen LogP contribution in [0.2, 0.25) is 0 Å². The van der Waals surface area contributed by atoms with Crippen LogP contribution in [0.15, 0.2) is 284 Å². The highest BCUT2D eigenvalue weighted by Crippen LogP contribution is 2.65. The minimum absolute atomic E-state index is 0.0106. The number of rotatable bonds is 19. The number of nitrogens with zero attached hydrogens (tertiary/aromatic N) is 2. The molecule has 0 amide bonds. The van der Waals surface area contributed by atoms with Gasteiger partial charge in [-0.25, -0.2) is 0 Å². The number of para-hydroxylation sites is 1. The number of hydrogen-bond acceptors (Lipinski definition) is 2. The summed E-state index contributed by atoms with van der Waals surface area (Å²) in [7, 11) is 0. The van der Waals surface area contributed by atoms with Gasteiger partial charge in [0.25, 0.3) is 0 Å². The molecule has 7 aromatic carbocycles. The molecule has 7 atom stereocenters. The average Bonchev–Trinajstić information content (AvgIpc) is 1.61. The van der Waals surface area contributed by atoms with Gasteiger partial charge in [-0.15, -0.1) is 0 Å². The van der Waals surface area contributed by atoms with Gasteiger partial charge in [0.15, 0.2) is 0 Å². The zero-order chi connectivity index (χ0) is 60.4. The molecule has 89 heavy (non-hydrogen) atoms. The first-order valence-electron chi connectivity index (χ1n) is 33.1. The Bertz CT molecular complexity index is 4260. The molecule has 444 valence electrons. The van der Waals surface area contributed by atoms with Crippen molar-refractivity contribution in [3.63, 3.8) is 0 Å². The van der Waals surface area contributed by atoms with Crippen molar-refractivity contribution in [2.45, 2.75) is 103 Å². The van der Waals surface area contributed by atoms with Gasteiger partial charge in [-0.05, 0) is 211 Å². The third-order valence-corrected chi connectivity index (χ3v) is 20.9. The van der Waals surface area contributed by atoms with E-state index in [1.165, 1.54) is 121 Å². The van der Waals surface area contributed by atoms with Crippen molar-refractivity contribution in [2.24, 2.45) is 29.1 Å². The molecule has 3 nitrogen and oxygen atoms in total. The SMILES string of the molecule is C=CC1=CC=C(OCC(C)CCCCC2(C3=CC=CCC3)C3=CC(N(C4=CCC(c5ccccc5)C=C4)c4ccc(-c5cc(C)c(-c6ccc7c(c6)c6cc(-c8ccc(C=C)cc8)ccc6n7-c6ccccc6)cc5C)cc4)CCC3C3C=CC=CC32)CC1. The zero-order valence-corrected chi connectivity index (χ0v) is 52.3. The Balaban J connectivity index is 0.786. The number of aromatic nitrogens is 1. The summed E-state index contributed by atoms with van der Waals surface area (Å²) in [5, 5.41) is 2.50. The Labute approximate surface area is 529 Å². The third kappa shape index (κ3) is 11.3. The van der Waals surface area contributed by atoms with Crippen molar-refractivity contribution in [3.8, 4) is 39.1 Å². The van der Waals surface area contributed by atoms with E-state index in [-0.39, 0.29) is 11.5 Å². The highest BCUT2D eigenvalue weighted by molar-refractivity contribution is 6.11. The number of aryl methyl sites for hydroxylation is 2. The van der Waals surface area contributed by atoms with Crippen molar-refractivity contribution < 1.29 is 4.74 Å². The normalized spacial score (nSPS) is 22.1. The number of anilines is 1. The molecule has 0 N–H and O–H groups in total. The van der Waals surface area contributed by atoms with Gasteiger partial charge >= 0.3 is 0 Å². The Morgan fingerprint density at radius 1 is 0.663 bits per heavy atom. The monoisotopic (exact) mass is 1160 g/mol. The van der Waals surface area contributed by atoms with E-state index in [0.717, 1.165) is 62.1 Å². The molecule has 1 aromatic heterocycles. The molecule has 14 rings (SSSR count). The van der Waals surface area contributed by atoms with Crippen molar-refractivity contribution >= 4 is 33.6 Å². The molecule has 8 aromatic rings. The number of fused-ring (bicyclic) bond motifs is 6. The van der Waals surface area contributed by atoms with E-state index in [4.69, 9.17) is 4.74 Å². The highest BCUT2D eigenvalue weighted by atomic mass is 16.5. The number of allylic oxidation sites excluding steroid dienone is 17. The summed E-state index contributed by atoms with van der Waals surface area (Å²) in [5.74, 6) is 3.49. The summed E-state index contributed by atoms with van der Waals surface area (Å²) in [5.41, 5.74) is 23.3. The summed E-state index contributed by atoms with van der Waals surface area (Å²) in [6.45, 7) is 15.7. The largest absolute Gasteiger partial charge is 0.498 e. The van der Waals surface area contributed by atoms with Gasteiger partial charge in [-0.3, -0.25) is 0 Å². The predicted octanol–water partition coefficient (Wildman–Crippen LogP) is 22.8. The van der Waals surface area contributed by atoms with E-state index in [2.05, 4.69) is 280 Å². The Morgan fingerprint density at radius 2 is 1.37 bits per heavy atom. The topological polar surface area (TPSA) is 17.4 Å². The second-order valence-electron chi connectivity index (χ2n) is 26.2. The molecule has 1 heterocycles. The lowest BCUT2D eigenvalue weighted by Gasteiger charge is -2.44. The fourth-order valence-electron chi connectivity index (χ4n) is 16.2. The van der Waals surface area contributed by atoms with Crippen LogP contribution in [0.4, 0.5) is 5.69 Å². The molecule has 0 bridgehead atoms. The van der Waals surface area contributed by atoms with E-state index in [0.29, 0.717) is 29.6 Å². The van der Waals surface area contributed by atoms with Gasteiger partial charge in [0.2, 0.25) is 0 Å². The molecule has 1 saturated carbocycles. The van der Waals surface area contributed by atoms with Crippen LogP contribution < -0.4 is 4.90 Å². The van der Waals surface area contributed by atoms with E-state index >= 15 is 0 Å². The molecule has 6 aliphatic rings. The molecule has 0 saturated heterocycles. The fraction of sp³-hybridized carbons (Fsp3) is 0.256. The van der Waals surface area contributed by atoms with E-state index < -0.39 is 0 Å². The Hall–Kier alpha value is -8.92. The number of unbranched alkanes of at least 4 members (excludes halogenated alkanes) is 1. The summed E-state index contributed by atoms with van der Waals surface area (Å²) in [6.07, 6.45) is 48.0. The first-order chi connectivity index (χ1) is 43.7. The average molecular weight is 1160 g/mol. The Kier molecular flexibility index (Phi) is 16.4. The fourth-order valence-corrected chi connectivity index (χ4v) is 16.2. The smallest absolute Gasteiger partial charge is 0.0963 e. The van der Waals surface area contributed by atoms with Crippen LogP contribution in [-0.2, 0) is 4.74 Å². The molecular formula is C86H84N2O. The molecule has 7 unspecified atom stereocenters. The lowest BCUT2D eigenvalue weighted by atomic mass is 9.62. The van der Waals surface area contributed by atoms with Crippen LogP contribution in [0.5, 0.6) is 0 Å². The summed E-state index contributed by atoms with van der Waals surface area (Å²) in [4.78, 5) is 2.73. The van der Waals surface area contributed by atoms with Crippen LogP contribution in [0.25, 0.3) is 66.9 Å². The van der Waals surface area contributed by atoms with Crippen molar-refractivity contribution in [3.05, 3.63) is 306 Å². The van der Waals surface area contributed by atoms with E-state index in [1.54, 1.807) is 11.1 Å². The lowest BCUT2D eigenvalue weighted by Crippen LogP contribution is -2.38. The molecule has 0 aliphatic heterocycles. The maximum Gasteiger partial charge on any atom is 0.0963 e. The van der Waals surface area contributed by atoms with Crippen molar-refractivity contribution in [1.82, 2.24) is 4.57 Å². The van der Waals surface area contributed by atoms with Crippen LogP contribution in [-0.4, -0.2) is 17.2 Å². The number of benzene rings is 7.